The van der Waals surface area contributed by atoms with E-state index in [1.807, 2.05) is 0 Å². The van der Waals surface area contributed by atoms with Crippen molar-refractivity contribution in [1.82, 2.24) is 10.6 Å². The highest BCUT2D eigenvalue weighted by atomic mass is 32.1. The number of thiocarbonyl (C=S) groups is 1. The first kappa shape index (κ1) is 13.4. The minimum Gasteiger partial charge on any atom is -0.360 e. The van der Waals surface area contributed by atoms with Crippen LogP contribution in [0, 0.1) is 0 Å². The molecule has 1 unspecified atom stereocenters. The number of hydrogen-bond donors (Lipinski definition) is 2. The van der Waals surface area contributed by atoms with Crippen LogP contribution in [0.25, 0.3) is 0 Å². The maximum absolute atomic E-state index is 5.10. The lowest BCUT2D eigenvalue weighted by atomic mass is 10.1. The molecule has 0 amide bonds. The summed E-state index contributed by atoms with van der Waals surface area (Å²) in [6, 6.07) is 0.464. The van der Waals surface area contributed by atoms with Crippen molar-refractivity contribution in [3.05, 3.63) is 12.7 Å². The number of rotatable bonds is 7. The smallest absolute Gasteiger partial charge is 0.166 e. The minimum absolute atomic E-state index is 0.464. The molecule has 0 radical (unpaired) electrons. The van der Waals surface area contributed by atoms with Gasteiger partial charge < -0.3 is 10.6 Å². The van der Waals surface area contributed by atoms with Gasteiger partial charge in [-0.25, -0.2) is 0 Å². The van der Waals surface area contributed by atoms with Gasteiger partial charge in [0.1, 0.15) is 0 Å². The third-order valence-corrected chi connectivity index (χ3v) is 2.29. The van der Waals surface area contributed by atoms with E-state index < -0.39 is 0 Å². The van der Waals surface area contributed by atoms with E-state index in [1.165, 1.54) is 25.7 Å². The molecule has 82 valence electrons. The Morgan fingerprint density at radius 3 is 2.79 bits per heavy atom. The van der Waals surface area contributed by atoms with Crippen molar-refractivity contribution in [2.24, 2.45) is 0 Å². The lowest BCUT2D eigenvalue weighted by Crippen LogP contribution is -2.40. The molecule has 0 heterocycles. The average molecular weight is 214 g/mol. The Kier molecular flexibility index (Phi) is 8.64. The van der Waals surface area contributed by atoms with Crippen molar-refractivity contribution >= 4 is 17.3 Å². The number of hydrogen-bond acceptors (Lipinski definition) is 1. The molecule has 0 rings (SSSR count). The Morgan fingerprint density at radius 1 is 1.50 bits per heavy atom. The van der Waals surface area contributed by atoms with Gasteiger partial charge in [-0.1, -0.05) is 32.3 Å². The predicted octanol–water partition coefficient (Wildman–Crippen LogP) is 2.61. The van der Waals surface area contributed by atoms with Gasteiger partial charge in [0, 0.05) is 12.6 Å². The van der Waals surface area contributed by atoms with Crippen molar-refractivity contribution in [3.8, 4) is 0 Å². The molecule has 0 saturated carbocycles. The highest BCUT2D eigenvalue weighted by Gasteiger charge is 2.02. The lowest BCUT2D eigenvalue weighted by molar-refractivity contribution is 0.552. The van der Waals surface area contributed by atoms with Gasteiger partial charge in [0.15, 0.2) is 5.11 Å². The van der Waals surface area contributed by atoms with Crippen LogP contribution in [-0.2, 0) is 0 Å². The van der Waals surface area contributed by atoms with E-state index >= 15 is 0 Å². The topological polar surface area (TPSA) is 24.1 Å². The van der Waals surface area contributed by atoms with Gasteiger partial charge in [-0.3, -0.25) is 0 Å². The van der Waals surface area contributed by atoms with Crippen molar-refractivity contribution in [1.29, 1.82) is 0 Å². The summed E-state index contributed by atoms with van der Waals surface area (Å²) in [6.45, 7) is 8.73. The molecule has 3 heteroatoms. The van der Waals surface area contributed by atoms with Gasteiger partial charge >= 0.3 is 0 Å². The minimum atomic E-state index is 0.464. The Bertz CT molecular complexity index is 169. The molecule has 0 aromatic carbocycles. The Labute approximate surface area is 93.2 Å². The van der Waals surface area contributed by atoms with Crippen LogP contribution in [0.15, 0.2) is 12.7 Å². The molecule has 2 nitrogen and oxygen atoms in total. The predicted molar refractivity (Wildman–Crippen MR) is 67.5 cm³/mol. The van der Waals surface area contributed by atoms with Gasteiger partial charge in [0.25, 0.3) is 0 Å². The van der Waals surface area contributed by atoms with E-state index in [2.05, 4.69) is 31.1 Å². The molecule has 0 aliphatic carbocycles. The second-order valence-electron chi connectivity index (χ2n) is 3.54. The fourth-order valence-corrected chi connectivity index (χ4v) is 1.50. The second kappa shape index (κ2) is 9.00. The van der Waals surface area contributed by atoms with E-state index in [-0.39, 0.29) is 0 Å². The highest BCUT2D eigenvalue weighted by molar-refractivity contribution is 7.80. The van der Waals surface area contributed by atoms with E-state index in [1.54, 1.807) is 6.08 Å². The average Bonchev–Trinajstić information content (AvgIpc) is 2.15. The molecular weight excluding hydrogens is 192 g/mol. The molecular formula is C11H22N2S. The maximum Gasteiger partial charge on any atom is 0.166 e. The first-order chi connectivity index (χ1) is 6.70. The van der Waals surface area contributed by atoms with E-state index in [0.717, 1.165) is 11.7 Å². The Morgan fingerprint density at radius 2 is 2.21 bits per heavy atom. The van der Waals surface area contributed by atoms with Gasteiger partial charge in [-0.15, -0.1) is 6.58 Å². The fourth-order valence-electron chi connectivity index (χ4n) is 1.21. The monoisotopic (exact) mass is 214 g/mol. The SMILES string of the molecule is C=CCNC(=S)NC(C)CCCCC. The highest BCUT2D eigenvalue weighted by Crippen LogP contribution is 2.02. The van der Waals surface area contributed by atoms with Crippen molar-refractivity contribution in [3.63, 3.8) is 0 Å². The van der Waals surface area contributed by atoms with Gasteiger partial charge in [-0.05, 0) is 25.6 Å². The molecule has 0 aromatic heterocycles. The van der Waals surface area contributed by atoms with Gasteiger partial charge in [-0.2, -0.15) is 0 Å². The van der Waals surface area contributed by atoms with Gasteiger partial charge in [0.2, 0.25) is 0 Å². The normalized spacial score (nSPS) is 11.9. The quantitative estimate of drug-likeness (QED) is 0.387. The summed E-state index contributed by atoms with van der Waals surface area (Å²) in [4.78, 5) is 0. The van der Waals surface area contributed by atoms with Crippen molar-refractivity contribution < 1.29 is 0 Å². The largest absolute Gasteiger partial charge is 0.360 e. The summed E-state index contributed by atoms with van der Waals surface area (Å²) < 4.78 is 0. The molecule has 0 fully saturated rings. The number of unbranched alkanes of at least 4 members (excludes halogenated alkanes) is 2. The molecule has 0 aliphatic heterocycles. The molecule has 0 saturated heterocycles. The third kappa shape index (κ3) is 8.05. The molecule has 0 aromatic rings. The summed E-state index contributed by atoms with van der Waals surface area (Å²) in [7, 11) is 0. The summed E-state index contributed by atoms with van der Waals surface area (Å²) in [5.41, 5.74) is 0. The zero-order valence-corrected chi connectivity index (χ0v) is 10.1. The standard InChI is InChI=1S/C11H22N2S/c1-4-6-7-8-10(3)13-11(14)12-9-5-2/h5,10H,2,4,6-9H2,1,3H3,(H2,12,13,14). The van der Waals surface area contributed by atoms with E-state index in [0.29, 0.717) is 6.04 Å². The molecule has 0 aliphatic rings. The molecule has 14 heavy (non-hydrogen) atoms. The molecule has 2 N–H and O–H groups in total. The Hall–Kier alpha value is -0.570. The van der Waals surface area contributed by atoms with Crippen LogP contribution in [0.2, 0.25) is 0 Å². The van der Waals surface area contributed by atoms with Crippen LogP contribution in [0.4, 0.5) is 0 Å². The van der Waals surface area contributed by atoms with Crippen LogP contribution < -0.4 is 10.6 Å². The summed E-state index contributed by atoms with van der Waals surface area (Å²) >= 11 is 5.10. The first-order valence-corrected chi connectivity index (χ1v) is 5.76. The van der Waals surface area contributed by atoms with E-state index in [4.69, 9.17) is 12.2 Å². The van der Waals surface area contributed by atoms with Crippen LogP contribution in [-0.4, -0.2) is 17.7 Å². The Balaban J connectivity index is 3.44. The molecule has 1 atom stereocenters. The van der Waals surface area contributed by atoms with Crippen molar-refractivity contribution in [2.75, 3.05) is 6.54 Å². The van der Waals surface area contributed by atoms with Crippen LogP contribution in [0.1, 0.15) is 39.5 Å². The third-order valence-electron chi connectivity index (χ3n) is 2.03. The molecule has 0 bridgehead atoms. The van der Waals surface area contributed by atoms with Crippen molar-refractivity contribution in [2.45, 2.75) is 45.6 Å². The molecule has 0 spiro atoms. The summed E-state index contributed by atoms with van der Waals surface area (Å²) in [5.74, 6) is 0. The van der Waals surface area contributed by atoms with E-state index in [9.17, 15) is 0 Å². The maximum atomic E-state index is 5.10. The van der Waals surface area contributed by atoms with Gasteiger partial charge in [0.05, 0.1) is 0 Å². The first-order valence-electron chi connectivity index (χ1n) is 5.36. The number of nitrogens with one attached hydrogen (secondary N) is 2. The van der Waals surface area contributed by atoms with Crippen LogP contribution in [0.5, 0.6) is 0 Å². The zero-order valence-electron chi connectivity index (χ0n) is 9.31. The zero-order chi connectivity index (χ0) is 10.8. The van der Waals surface area contributed by atoms with Crippen LogP contribution in [0.3, 0.4) is 0 Å². The second-order valence-corrected chi connectivity index (χ2v) is 3.95. The lowest BCUT2D eigenvalue weighted by Gasteiger charge is -2.16. The fraction of sp³-hybridized carbons (Fsp3) is 0.727. The van der Waals surface area contributed by atoms with Crippen LogP contribution >= 0.6 is 12.2 Å². The summed E-state index contributed by atoms with van der Waals surface area (Å²) in [5, 5.41) is 7.03. The summed E-state index contributed by atoms with van der Waals surface area (Å²) in [6.07, 6.45) is 6.83.